The second-order valence-electron chi connectivity index (χ2n) is 7.43. The lowest BCUT2D eigenvalue weighted by molar-refractivity contribution is -0.140. The van der Waals surface area contributed by atoms with Gasteiger partial charge >= 0.3 is 0 Å². The van der Waals surface area contributed by atoms with Gasteiger partial charge in [0.2, 0.25) is 21.8 Å². The lowest BCUT2D eigenvalue weighted by atomic mass is 10.1. The van der Waals surface area contributed by atoms with Crippen molar-refractivity contribution in [2.24, 2.45) is 0 Å². The third-order valence-electron chi connectivity index (χ3n) is 5.13. The molecule has 0 aliphatic carbocycles. The molecule has 0 radical (unpaired) electrons. The number of nitrogens with one attached hydrogen (secondary N) is 1. The van der Waals surface area contributed by atoms with Gasteiger partial charge in [0, 0.05) is 38.7 Å². The quantitative estimate of drug-likeness (QED) is 0.555. The van der Waals surface area contributed by atoms with E-state index in [-0.39, 0.29) is 42.6 Å². The lowest BCUT2D eigenvalue weighted by Crippen LogP contribution is -2.47. The van der Waals surface area contributed by atoms with Crippen LogP contribution in [0.15, 0.2) is 59.5 Å². The molecule has 0 saturated heterocycles. The van der Waals surface area contributed by atoms with Crippen molar-refractivity contribution in [3.05, 3.63) is 66.0 Å². The van der Waals surface area contributed by atoms with Gasteiger partial charge in [-0.05, 0) is 38.5 Å². The number of halogens is 1. The number of hydrogen-bond donors (Lipinski definition) is 1. The topological polar surface area (TPSA) is 86.8 Å². The molecule has 0 fully saturated rings. The molecule has 1 unspecified atom stereocenters. The highest BCUT2D eigenvalue weighted by molar-refractivity contribution is 7.89. The fraction of sp³-hybridized carbons (Fsp3) is 0.391. The highest BCUT2D eigenvalue weighted by atomic mass is 32.2. The molecule has 1 atom stereocenters. The monoisotopic (exact) mass is 463 g/mol. The van der Waals surface area contributed by atoms with Gasteiger partial charge in [0.05, 0.1) is 4.90 Å². The van der Waals surface area contributed by atoms with Crippen LogP contribution < -0.4 is 5.32 Å². The summed E-state index contributed by atoms with van der Waals surface area (Å²) in [5.41, 5.74) is 0.306. The van der Waals surface area contributed by atoms with E-state index in [2.05, 4.69) is 5.32 Å². The number of carbonyl (C=O) groups excluding carboxylic acids is 2. The van der Waals surface area contributed by atoms with Crippen molar-refractivity contribution < 1.29 is 22.4 Å². The van der Waals surface area contributed by atoms with Gasteiger partial charge in [0.15, 0.2) is 0 Å². The summed E-state index contributed by atoms with van der Waals surface area (Å²) in [5.74, 6) is -1.14. The van der Waals surface area contributed by atoms with Crippen molar-refractivity contribution in [3.63, 3.8) is 0 Å². The first kappa shape index (κ1) is 25.5. The normalized spacial score (nSPS) is 12.4. The van der Waals surface area contributed by atoms with Crippen molar-refractivity contribution in [1.82, 2.24) is 14.5 Å². The molecule has 0 aromatic heterocycles. The van der Waals surface area contributed by atoms with E-state index in [9.17, 15) is 22.4 Å². The predicted octanol–water partition coefficient (Wildman–Crippen LogP) is 2.78. The van der Waals surface area contributed by atoms with Gasteiger partial charge in [-0.25, -0.2) is 17.1 Å². The van der Waals surface area contributed by atoms with Crippen LogP contribution in [0.25, 0.3) is 0 Å². The Morgan fingerprint density at radius 1 is 1.06 bits per heavy atom. The average Bonchev–Trinajstić information content (AvgIpc) is 2.78. The molecule has 0 bridgehead atoms. The van der Waals surface area contributed by atoms with E-state index in [1.54, 1.807) is 50.2 Å². The molecule has 0 aliphatic rings. The number of carbonyl (C=O) groups is 2. The Morgan fingerprint density at radius 3 is 2.31 bits per heavy atom. The molecule has 0 saturated carbocycles. The number of amides is 2. The van der Waals surface area contributed by atoms with E-state index in [1.807, 2.05) is 0 Å². The van der Waals surface area contributed by atoms with Crippen LogP contribution in [0.1, 0.15) is 32.3 Å². The molecular formula is C23H30FN3O4S. The summed E-state index contributed by atoms with van der Waals surface area (Å²) in [6.07, 6.45) is 0.282. The zero-order valence-electron chi connectivity index (χ0n) is 18.6. The first-order chi connectivity index (χ1) is 15.2. The first-order valence-corrected chi connectivity index (χ1v) is 11.9. The molecule has 2 rings (SSSR count). The zero-order chi connectivity index (χ0) is 23.7. The van der Waals surface area contributed by atoms with E-state index in [0.717, 1.165) is 0 Å². The van der Waals surface area contributed by atoms with Crippen molar-refractivity contribution in [1.29, 1.82) is 0 Å². The zero-order valence-corrected chi connectivity index (χ0v) is 19.4. The van der Waals surface area contributed by atoms with Crippen LogP contribution in [0.2, 0.25) is 0 Å². The number of benzene rings is 2. The molecule has 2 amide bonds. The molecule has 1 N–H and O–H groups in total. The Hall–Kier alpha value is -2.78. The van der Waals surface area contributed by atoms with Crippen LogP contribution >= 0.6 is 0 Å². The molecule has 2 aromatic carbocycles. The average molecular weight is 464 g/mol. The maximum Gasteiger partial charge on any atom is 0.242 e. The third kappa shape index (κ3) is 6.61. The number of nitrogens with zero attached hydrogens (tertiary/aromatic N) is 2. The van der Waals surface area contributed by atoms with Crippen molar-refractivity contribution in [2.45, 2.75) is 44.2 Å². The molecule has 174 valence electrons. The summed E-state index contributed by atoms with van der Waals surface area (Å²) in [7, 11) is -2.19. The van der Waals surface area contributed by atoms with Crippen LogP contribution in [-0.2, 0) is 26.2 Å². The molecule has 7 nitrogen and oxygen atoms in total. The predicted molar refractivity (Wildman–Crippen MR) is 121 cm³/mol. The number of hydrogen-bond acceptors (Lipinski definition) is 4. The minimum absolute atomic E-state index is 0.0207. The van der Waals surface area contributed by atoms with Gasteiger partial charge in [-0.3, -0.25) is 9.59 Å². The van der Waals surface area contributed by atoms with Gasteiger partial charge in [0.25, 0.3) is 0 Å². The lowest BCUT2D eigenvalue weighted by Gasteiger charge is -2.29. The molecule has 32 heavy (non-hydrogen) atoms. The summed E-state index contributed by atoms with van der Waals surface area (Å²) in [5, 5.41) is 2.68. The summed E-state index contributed by atoms with van der Waals surface area (Å²) >= 11 is 0. The van der Waals surface area contributed by atoms with Crippen LogP contribution in [0.5, 0.6) is 0 Å². The fourth-order valence-corrected chi connectivity index (χ4v) is 4.43. The Balaban J connectivity index is 2.07. The molecular weight excluding hydrogens is 433 g/mol. The van der Waals surface area contributed by atoms with Crippen molar-refractivity contribution in [2.75, 3.05) is 20.1 Å². The summed E-state index contributed by atoms with van der Waals surface area (Å²) < 4.78 is 40.6. The number of likely N-dealkylation sites (N-methyl/N-ethyl adjacent to an activating group) is 1. The first-order valence-electron chi connectivity index (χ1n) is 10.5. The Bertz CT molecular complexity index is 1010. The Kier molecular flexibility index (Phi) is 9.34. The van der Waals surface area contributed by atoms with Gasteiger partial charge in [-0.2, -0.15) is 0 Å². The molecule has 0 spiro atoms. The SMILES string of the molecule is CCNC(=O)C(C)N(Cc1ccccc1F)C(=O)CCCN(C)S(=O)(=O)c1ccccc1. The van der Waals surface area contributed by atoms with Gasteiger partial charge < -0.3 is 10.2 Å². The smallest absolute Gasteiger partial charge is 0.242 e. The van der Waals surface area contributed by atoms with Crippen LogP contribution in [0.3, 0.4) is 0 Å². The minimum atomic E-state index is -3.65. The van der Waals surface area contributed by atoms with Crippen LogP contribution in [-0.4, -0.2) is 55.6 Å². The highest BCUT2D eigenvalue weighted by Crippen LogP contribution is 2.17. The molecule has 2 aromatic rings. The molecule has 9 heteroatoms. The van der Waals surface area contributed by atoms with Crippen LogP contribution in [0.4, 0.5) is 4.39 Å². The van der Waals surface area contributed by atoms with E-state index in [1.165, 1.54) is 34.5 Å². The van der Waals surface area contributed by atoms with E-state index >= 15 is 0 Å². The highest BCUT2D eigenvalue weighted by Gasteiger charge is 2.27. The van der Waals surface area contributed by atoms with Gasteiger partial charge in [-0.1, -0.05) is 36.4 Å². The second-order valence-corrected chi connectivity index (χ2v) is 9.47. The fourth-order valence-electron chi connectivity index (χ4n) is 3.20. The Morgan fingerprint density at radius 2 is 1.69 bits per heavy atom. The van der Waals surface area contributed by atoms with E-state index < -0.39 is 21.9 Å². The minimum Gasteiger partial charge on any atom is -0.355 e. The third-order valence-corrected chi connectivity index (χ3v) is 7.00. The number of rotatable bonds is 11. The maximum atomic E-state index is 14.2. The largest absolute Gasteiger partial charge is 0.355 e. The van der Waals surface area contributed by atoms with Crippen LogP contribution in [0, 0.1) is 5.82 Å². The molecule has 0 heterocycles. The van der Waals surface area contributed by atoms with Crippen molar-refractivity contribution in [3.8, 4) is 0 Å². The maximum absolute atomic E-state index is 14.2. The second kappa shape index (κ2) is 11.7. The summed E-state index contributed by atoms with van der Waals surface area (Å²) in [6, 6.07) is 13.4. The van der Waals surface area contributed by atoms with Gasteiger partial charge in [0.1, 0.15) is 11.9 Å². The van der Waals surface area contributed by atoms with E-state index in [0.29, 0.717) is 12.1 Å². The summed E-state index contributed by atoms with van der Waals surface area (Å²) in [6.45, 7) is 3.85. The van der Waals surface area contributed by atoms with E-state index in [4.69, 9.17) is 0 Å². The standard InChI is InChI=1S/C23H30FN3O4S/c1-4-25-23(29)18(2)27(17-19-11-8-9-14-21(19)24)22(28)15-10-16-26(3)32(30,31)20-12-6-5-7-13-20/h5-9,11-14,18H,4,10,15-17H2,1-3H3,(H,25,29). The Labute approximate surface area is 189 Å². The van der Waals surface area contributed by atoms with Gasteiger partial charge in [-0.15, -0.1) is 0 Å². The molecule has 0 aliphatic heterocycles. The summed E-state index contributed by atoms with van der Waals surface area (Å²) in [4.78, 5) is 26.8. The number of sulfonamides is 1. The van der Waals surface area contributed by atoms with Crippen molar-refractivity contribution >= 4 is 21.8 Å².